The highest BCUT2D eigenvalue weighted by atomic mass is 16.7. The quantitative estimate of drug-likeness (QED) is 0.633. The molecule has 23 heavy (non-hydrogen) atoms. The Morgan fingerprint density at radius 1 is 1.13 bits per heavy atom. The minimum absolute atomic E-state index is 0.0759. The first-order chi connectivity index (χ1) is 11.3. The lowest BCUT2D eigenvalue weighted by molar-refractivity contribution is -0.126. The Kier molecular flexibility index (Phi) is 4.86. The van der Waals surface area contributed by atoms with Crippen LogP contribution in [0.4, 0.5) is 0 Å². The van der Waals surface area contributed by atoms with Gasteiger partial charge in [-0.3, -0.25) is 4.79 Å². The summed E-state index contributed by atoms with van der Waals surface area (Å²) < 4.78 is 16.1. The summed E-state index contributed by atoms with van der Waals surface area (Å²) in [7, 11) is 1.62. The van der Waals surface area contributed by atoms with Crippen LogP contribution in [0, 0.1) is 0 Å². The maximum absolute atomic E-state index is 12.0. The number of nitrogens with zero attached hydrogens (tertiary/aromatic N) is 1. The number of fused-ring (bicyclic) bond motifs is 1. The molecule has 0 radical (unpaired) electrons. The third-order valence-corrected chi connectivity index (χ3v) is 4.02. The number of benzene rings is 1. The highest BCUT2D eigenvalue weighted by Crippen LogP contribution is 2.38. The molecule has 2 heterocycles. The summed E-state index contributed by atoms with van der Waals surface area (Å²) >= 11 is 0. The van der Waals surface area contributed by atoms with Crippen molar-refractivity contribution in [3.63, 3.8) is 0 Å². The van der Waals surface area contributed by atoms with Crippen LogP contribution in [-0.2, 0) is 4.79 Å². The molecule has 2 aliphatic heterocycles. The number of carbonyl (C=O) groups excluding carboxylic acids is 1. The van der Waals surface area contributed by atoms with Crippen molar-refractivity contribution in [2.75, 3.05) is 27.0 Å². The van der Waals surface area contributed by atoms with Crippen LogP contribution in [0.3, 0.4) is 0 Å². The van der Waals surface area contributed by atoms with Crippen molar-refractivity contribution in [1.82, 2.24) is 4.90 Å². The maximum Gasteiger partial charge on any atom is 0.246 e. The van der Waals surface area contributed by atoms with Gasteiger partial charge in [0.05, 0.1) is 7.11 Å². The average molecular weight is 315 g/mol. The minimum Gasteiger partial charge on any atom is -0.496 e. The molecule has 1 amide bonds. The highest BCUT2D eigenvalue weighted by Gasteiger charge is 2.16. The van der Waals surface area contributed by atoms with Crippen molar-refractivity contribution in [2.24, 2.45) is 0 Å². The molecular formula is C18H21NO4. The van der Waals surface area contributed by atoms with E-state index in [4.69, 9.17) is 14.2 Å². The van der Waals surface area contributed by atoms with Crippen molar-refractivity contribution in [3.05, 3.63) is 35.9 Å². The summed E-state index contributed by atoms with van der Waals surface area (Å²) in [6.45, 7) is 1.96. The number of hydrogen-bond donors (Lipinski definition) is 0. The molecule has 0 bridgehead atoms. The Morgan fingerprint density at radius 2 is 1.87 bits per heavy atom. The Labute approximate surface area is 136 Å². The predicted octanol–water partition coefficient (Wildman–Crippen LogP) is 3.01. The zero-order valence-electron chi connectivity index (χ0n) is 13.3. The monoisotopic (exact) mass is 315 g/mol. The maximum atomic E-state index is 12.0. The highest BCUT2D eigenvalue weighted by molar-refractivity contribution is 5.88. The summed E-state index contributed by atoms with van der Waals surface area (Å²) in [6.07, 6.45) is 10.5. The Morgan fingerprint density at radius 3 is 2.61 bits per heavy atom. The lowest BCUT2D eigenvalue weighted by Crippen LogP contribution is -2.34. The number of piperidine rings is 1. The van der Waals surface area contributed by atoms with Gasteiger partial charge >= 0.3 is 0 Å². The zero-order chi connectivity index (χ0) is 16.1. The average Bonchev–Trinajstić information content (AvgIpc) is 3.05. The summed E-state index contributed by atoms with van der Waals surface area (Å²) in [5.41, 5.74) is 0.881. The number of amides is 1. The standard InChI is InChI=1S/C18H21NO4/c1-21-15-12-17-16(22-13-23-17)11-14(15)7-3-4-8-18(20)19-9-5-2-6-10-19/h3-4,7-8,11-12H,2,5-6,9-10,13H2,1H3/b7-3?,8-4+. The molecular weight excluding hydrogens is 294 g/mol. The number of carbonyl (C=O) groups is 1. The fraction of sp³-hybridized carbons (Fsp3) is 0.389. The first-order valence-electron chi connectivity index (χ1n) is 7.89. The molecule has 122 valence electrons. The molecule has 0 saturated carbocycles. The van der Waals surface area contributed by atoms with Crippen LogP contribution in [0.5, 0.6) is 17.2 Å². The van der Waals surface area contributed by atoms with Gasteiger partial charge in [0.2, 0.25) is 12.7 Å². The second kappa shape index (κ2) is 7.22. The van der Waals surface area contributed by atoms with Crippen LogP contribution < -0.4 is 14.2 Å². The lowest BCUT2D eigenvalue weighted by atomic mass is 10.1. The van der Waals surface area contributed by atoms with E-state index >= 15 is 0 Å². The number of ether oxygens (including phenoxy) is 3. The minimum atomic E-state index is 0.0759. The first-order valence-corrected chi connectivity index (χ1v) is 7.89. The van der Waals surface area contributed by atoms with Gasteiger partial charge in [0.15, 0.2) is 11.5 Å². The van der Waals surface area contributed by atoms with Crippen LogP contribution in [0.2, 0.25) is 0 Å². The van der Waals surface area contributed by atoms with Crippen LogP contribution in [-0.4, -0.2) is 37.8 Å². The van der Waals surface area contributed by atoms with E-state index in [0.717, 1.165) is 31.5 Å². The first kappa shape index (κ1) is 15.5. The molecule has 2 aliphatic rings. The van der Waals surface area contributed by atoms with Crippen LogP contribution >= 0.6 is 0 Å². The summed E-state index contributed by atoms with van der Waals surface area (Å²) in [5, 5.41) is 0. The van der Waals surface area contributed by atoms with E-state index in [2.05, 4.69) is 0 Å². The van der Waals surface area contributed by atoms with Crippen molar-refractivity contribution >= 4 is 12.0 Å². The molecule has 0 atom stereocenters. The molecule has 1 aromatic carbocycles. The largest absolute Gasteiger partial charge is 0.496 e. The number of hydrogen-bond acceptors (Lipinski definition) is 4. The van der Waals surface area contributed by atoms with Gasteiger partial charge in [-0.15, -0.1) is 0 Å². The van der Waals surface area contributed by atoms with Crippen molar-refractivity contribution in [3.8, 4) is 17.2 Å². The molecule has 0 unspecified atom stereocenters. The summed E-state index contributed by atoms with van der Waals surface area (Å²) in [4.78, 5) is 13.9. The van der Waals surface area contributed by atoms with Gasteiger partial charge in [-0.05, 0) is 25.3 Å². The van der Waals surface area contributed by atoms with Crippen molar-refractivity contribution in [1.29, 1.82) is 0 Å². The SMILES string of the molecule is COc1cc2c(cc1C=C/C=C/C(=O)N1CCCCC1)OCO2. The molecule has 1 fully saturated rings. The predicted molar refractivity (Wildman–Crippen MR) is 87.7 cm³/mol. The van der Waals surface area contributed by atoms with Crippen LogP contribution in [0.25, 0.3) is 6.08 Å². The molecule has 5 nitrogen and oxygen atoms in total. The molecule has 1 saturated heterocycles. The fourth-order valence-corrected chi connectivity index (χ4v) is 2.76. The second-order valence-corrected chi connectivity index (χ2v) is 5.55. The molecule has 0 aromatic heterocycles. The van der Waals surface area contributed by atoms with Gasteiger partial charge in [-0.1, -0.05) is 18.2 Å². The van der Waals surface area contributed by atoms with E-state index in [1.807, 2.05) is 29.2 Å². The number of methoxy groups -OCH3 is 1. The second-order valence-electron chi connectivity index (χ2n) is 5.55. The lowest BCUT2D eigenvalue weighted by Gasteiger charge is -2.25. The Balaban J connectivity index is 1.65. The smallest absolute Gasteiger partial charge is 0.246 e. The van der Waals surface area contributed by atoms with Gasteiger partial charge in [0, 0.05) is 30.8 Å². The van der Waals surface area contributed by atoms with E-state index in [0.29, 0.717) is 17.2 Å². The van der Waals surface area contributed by atoms with E-state index in [1.54, 1.807) is 19.3 Å². The normalized spacial score (nSPS) is 17.2. The molecule has 0 spiro atoms. The van der Waals surface area contributed by atoms with Crippen LogP contribution in [0.15, 0.2) is 30.4 Å². The van der Waals surface area contributed by atoms with E-state index in [9.17, 15) is 4.79 Å². The molecule has 0 N–H and O–H groups in total. The molecule has 0 aliphatic carbocycles. The number of rotatable bonds is 4. The number of likely N-dealkylation sites (tertiary alicyclic amines) is 1. The Hall–Kier alpha value is -2.43. The van der Waals surface area contributed by atoms with Gasteiger partial charge in [-0.25, -0.2) is 0 Å². The zero-order valence-corrected chi connectivity index (χ0v) is 13.3. The summed E-state index contributed by atoms with van der Waals surface area (Å²) in [6, 6.07) is 3.68. The van der Waals surface area contributed by atoms with Gasteiger partial charge in [-0.2, -0.15) is 0 Å². The molecule has 3 rings (SSSR count). The topological polar surface area (TPSA) is 48.0 Å². The Bertz CT molecular complexity index is 630. The van der Waals surface area contributed by atoms with E-state index < -0.39 is 0 Å². The molecule has 5 heteroatoms. The van der Waals surface area contributed by atoms with E-state index in [-0.39, 0.29) is 12.7 Å². The fourth-order valence-electron chi connectivity index (χ4n) is 2.76. The van der Waals surface area contributed by atoms with E-state index in [1.165, 1.54) is 6.42 Å². The third kappa shape index (κ3) is 3.67. The van der Waals surface area contributed by atoms with Crippen molar-refractivity contribution < 1.29 is 19.0 Å². The molecule has 1 aromatic rings. The van der Waals surface area contributed by atoms with Crippen LogP contribution in [0.1, 0.15) is 24.8 Å². The third-order valence-electron chi connectivity index (χ3n) is 4.02. The van der Waals surface area contributed by atoms with Gasteiger partial charge in [0.25, 0.3) is 0 Å². The van der Waals surface area contributed by atoms with Gasteiger partial charge < -0.3 is 19.1 Å². The number of allylic oxidation sites excluding steroid dienone is 2. The summed E-state index contributed by atoms with van der Waals surface area (Å²) in [5.74, 6) is 2.18. The van der Waals surface area contributed by atoms with Crippen molar-refractivity contribution in [2.45, 2.75) is 19.3 Å². The van der Waals surface area contributed by atoms with Gasteiger partial charge in [0.1, 0.15) is 5.75 Å².